The van der Waals surface area contributed by atoms with E-state index in [9.17, 15) is 0 Å². The molecule has 0 aliphatic heterocycles. The van der Waals surface area contributed by atoms with Crippen LogP contribution in [-0.4, -0.2) is 5.54 Å². The Morgan fingerprint density at radius 2 is 2.00 bits per heavy atom. The highest BCUT2D eigenvalue weighted by Gasteiger charge is 2.48. The Morgan fingerprint density at radius 1 is 1.25 bits per heavy atom. The van der Waals surface area contributed by atoms with Crippen molar-refractivity contribution in [2.24, 2.45) is 17.6 Å². The van der Waals surface area contributed by atoms with Crippen molar-refractivity contribution in [3.63, 3.8) is 0 Å². The molecule has 2 aliphatic rings. The minimum atomic E-state index is 0.107. The van der Waals surface area contributed by atoms with Gasteiger partial charge in [0, 0.05) is 9.11 Å². The van der Waals surface area contributed by atoms with Crippen molar-refractivity contribution in [1.29, 1.82) is 0 Å². The average molecular weight is 327 g/mol. The van der Waals surface area contributed by atoms with Crippen LogP contribution in [0.3, 0.4) is 0 Å². The molecule has 0 heterocycles. The normalized spacial score (nSPS) is 36.9. The summed E-state index contributed by atoms with van der Waals surface area (Å²) in [5.41, 5.74) is 8.13. The van der Waals surface area contributed by atoms with E-state index in [1.807, 2.05) is 0 Å². The third-order valence-corrected chi connectivity index (χ3v) is 5.19. The van der Waals surface area contributed by atoms with E-state index in [0.717, 1.165) is 18.3 Å². The lowest BCUT2D eigenvalue weighted by Crippen LogP contribution is -2.46. The molecule has 1 aromatic carbocycles. The Bertz CT molecular complexity index is 386. The SMILES string of the molecule is NC1(Cc2ccc(I)cc2)CC2CCC1C2. The zero-order chi connectivity index (χ0) is 11.2. The lowest BCUT2D eigenvalue weighted by atomic mass is 9.77. The van der Waals surface area contributed by atoms with E-state index >= 15 is 0 Å². The Labute approximate surface area is 111 Å². The number of nitrogens with two attached hydrogens (primary N) is 1. The Balaban J connectivity index is 1.77. The van der Waals surface area contributed by atoms with Crippen LogP contribution in [0.2, 0.25) is 0 Å². The van der Waals surface area contributed by atoms with Gasteiger partial charge < -0.3 is 5.73 Å². The molecule has 2 bridgehead atoms. The maximum absolute atomic E-state index is 6.61. The van der Waals surface area contributed by atoms with Gasteiger partial charge in [-0.2, -0.15) is 0 Å². The molecule has 3 unspecified atom stereocenters. The molecule has 3 atom stereocenters. The molecule has 0 radical (unpaired) electrons. The number of hydrogen-bond acceptors (Lipinski definition) is 1. The van der Waals surface area contributed by atoms with E-state index in [0.29, 0.717) is 0 Å². The molecule has 16 heavy (non-hydrogen) atoms. The number of rotatable bonds is 2. The van der Waals surface area contributed by atoms with Crippen LogP contribution in [0.1, 0.15) is 31.2 Å². The van der Waals surface area contributed by atoms with Crippen LogP contribution in [0, 0.1) is 15.4 Å². The van der Waals surface area contributed by atoms with Gasteiger partial charge in [0.05, 0.1) is 0 Å². The molecule has 2 saturated carbocycles. The predicted octanol–water partition coefficient (Wildman–Crippen LogP) is 3.35. The summed E-state index contributed by atoms with van der Waals surface area (Å²) in [6.07, 6.45) is 6.51. The van der Waals surface area contributed by atoms with Crippen LogP contribution >= 0.6 is 22.6 Å². The number of benzene rings is 1. The standard InChI is InChI=1S/C14H18IN/c15-13-5-2-10(3-6-13)8-14(16)9-11-1-4-12(14)7-11/h2-3,5-6,11-12H,1,4,7-9,16H2. The van der Waals surface area contributed by atoms with E-state index in [1.54, 1.807) is 0 Å². The fraction of sp³-hybridized carbons (Fsp3) is 0.571. The second-order valence-corrected chi connectivity index (χ2v) is 6.86. The Kier molecular flexibility index (Phi) is 2.75. The van der Waals surface area contributed by atoms with Crippen molar-refractivity contribution in [3.8, 4) is 0 Å². The van der Waals surface area contributed by atoms with Gasteiger partial charge in [-0.05, 0) is 77.8 Å². The van der Waals surface area contributed by atoms with Gasteiger partial charge in [-0.15, -0.1) is 0 Å². The quantitative estimate of drug-likeness (QED) is 0.829. The van der Waals surface area contributed by atoms with Gasteiger partial charge in [0.25, 0.3) is 0 Å². The summed E-state index contributed by atoms with van der Waals surface area (Å²) in [6, 6.07) is 8.85. The first kappa shape index (κ1) is 11.0. The molecule has 0 aromatic heterocycles. The van der Waals surface area contributed by atoms with Crippen LogP contribution in [0.25, 0.3) is 0 Å². The summed E-state index contributed by atoms with van der Waals surface area (Å²) >= 11 is 2.35. The summed E-state index contributed by atoms with van der Waals surface area (Å²) in [6.45, 7) is 0. The van der Waals surface area contributed by atoms with E-state index < -0.39 is 0 Å². The van der Waals surface area contributed by atoms with Crippen molar-refractivity contribution in [3.05, 3.63) is 33.4 Å². The van der Waals surface area contributed by atoms with Gasteiger partial charge in [0.1, 0.15) is 0 Å². The average Bonchev–Trinajstić information content (AvgIpc) is 2.81. The fourth-order valence-corrected chi connectivity index (χ4v) is 4.05. The van der Waals surface area contributed by atoms with Gasteiger partial charge >= 0.3 is 0 Å². The molecular formula is C14H18IN. The van der Waals surface area contributed by atoms with Gasteiger partial charge in [-0.1, -0.05) is 18.6 Å². The van der Waals surface area contributed by atoms with E-state index in [4.69, 9.17) is 5.73 Å². The van der Waals surface area contributed by atoms with Crippen LogP contribution in [0.15, 0.2) is 24.3 Å². The molecule has 2 fully saturated rings. The van der Waals surface area contributed by atoms with E-state index in [1.165, 1.54) is 34.8 Å². The summed E-state index contributed by atoms with van der Waals surface area (Å²) in [5, 5.41) is 0. The molecule has 2 aliphatic carbocycles. The Morgan fingerprint density at radius 3 is 2.56 bits per heavy atom. The minimum absolute atomic E-state index is 0.107. The molecule has 0 saturated heterocycles. The topological polar surface area (TPSA) is 26.0 Å². The highest BCUT2D eigenvalue weighted by Crippen LogP contribution is 2.50. The van der Waals surface area contributed by atoms with Crippen molar-refractivity contribution in [2.45, 2.75) is 37.6 Å². The van der Waals surface area contributed by atoms with Crippen LogP contribution in [0.5, 0.6) is 0 Å². The second-order valence-electron chi connectivity index (χ2n) is 5.62. The summed E-state index contributed by atoms with van der Waals surface area (Å²) in [5.74, 6) is 1.72. The van der Waals surface area contributed by atoms with E-state index in [-0.39, 0.29) is 5.54 Å². The van der Waals surface area contributed by atoms with Crippen LogP contribution in [-0.2, 0) is 6.42 Å². The van der Waals surface area contributed by atoms with Crippen molar-refractivity contribution in [1.82, 2.24) is 0 Å². The fourth-order valence-electron chi connectivity index (χ4n) is 3.69. The van der Waals surface area contributed by atoms with E-state index in [2.05, 4.69) is 46.9 Å². The lowest BCUT2D eigenvalue weighted by Gasteiger charge is -2.34. The first-order valence-corrected chi connectivity index (χ1v) is 7.27. The number of fused-ring (bicyclic) bond motifs is 2. The maximum Gasteiger partial charge on any atom is 0.0226 e. The second kappa shape index (κ2) is 3.98. The first-order chi connectivity index (χ1) is 7.66. The predicted molar refractivity (Wildman–Crippen MR) is 75.2 cm³/mol. The zero-order valence-electron chi connectivity index (χ0n) is 9.45. The van der Waals surface area contributed by atoms with Crippen molar-refractivity contribution in [2.75, 3.05) is 0 Å². The lowest BCUT2D eigenvalue weighted by molar-refractivity contribution is 0.269. The van der Waals surface area contributed by atoms with Crippen molar-refractivity contribution >= 4 is 22.6 Å². The molecule has 2 heteroatoms. The highest BCUT2D eigenvalue weighted by atomic mass is 127. The first-order valence-electron chi connectivity index (χ1n) is 6.19. The monoisotopic (exact) mass is 327 g/mol. The molecule has 1 aromatic rings. The molecular weight excluding hydrogens is 309 g/mol. The van der Waals surface area contributed by atoms with Gasteiger partial charge in [0.15, 0.2) is 0 Å². The van der Waals surface area contributed by atoms with Gasteiger partial charge in [-0.25, -0.2) is 0 Å². The van der Waals surface area contributed by atoms with Crippen molar-refractivity contribution < 1.29 is 0 Å². The molecule has 2 N–H and O–H groups in total. The minimum Gasteiger partial charge on any atom is -0.325 e. The summed E-state index contributed by atoms with van der Waals surface area (Å²) < 4.78 is 1.31. The number of halogens is 1. The smallest absolute Gasteiger partial charge is 0.0226 e. The highest BCUT2D eigenvalue weighted by molar-refractivity contribution is 14.1. The number of hydrogen-bond donors (Lipinski definition) is 1. The van der Waals surface area contributed by atoms with Crippen LogP contribution in [0.4, 0.5) is 0 Å². The summed E-state index contributed by atoms with van der Waals surface area (Å²) in [4.78, 5) is 0. The molecule has 1 nitrogen and oxygen atoms in total. The zero-order valence-corrected chi connectivity index (χ0v) is 11.6. The van der Waals surface area contributed by atoms with Gasteiger partial charge in [-0.3, -0.25) is 0 Å². The summed E-state index contributed by atoms with van der Waals surface area (Å²) in [7, 11) is 0. The van der Waals surface area contributed by atoms with Crippen LogP contribution < -0.4 is 5.73 Å². The molecule has 86 valence electrons. The third-order valence-electron chi connectivity index (χ3n) is 4.47. The molecule has 0 amide bonds. The molecule has 0 spiro atoms. The van der Waals surface area contributed by atoms with Gasteiger partial charge in [0.2, 0.25) is 0 Å². The largest absolute Gasteiger partial charge is 0.325 e. The molecule has 3 rings (SSSR count). The third kappa shape index (κ3) is 1.90. The maximum atomic E-state index is 6.61. The Hall–Kier alpha value is -0.0900.